The van der Waals surface area contributed by atoms with E-state index in [1.54, 1.807) is 6.92 Å². The summed E-state index contributed by atoms with van der Waals surface area (Å²) >= 11 is 5.36. The smallest absolute Gasteiger partial charge is 0.128 e. The molecule has 0 radical (unpaired) electrons. The maximum absolute atomic E-state index is 8.67. The fourth-order valence-electron chi connectivity index (χ4n) is 0.296. The number of aliphatic hydroxyl groups excluding tert-OH is 2. The van der Waals surface area contributed by atoms with E-state index in [2.05, 4.69) is 0 Å². The van der Waals surface area contributed by atoms with Crippen LogP contribution in [0, 0.1) is 0 Å². The fourth-order valence-corrected chi connectivity index (χ4v) is 0.369. The standard InChI is InChI=1S/C5H11ClO3/c1-4(6)9-3-5(8)2-7/h4-5,7-8H,2-3H2,1H3. The second-order valence-corrected chi connectivity index (χ2v) is 2.33. The summed E-state index contributed by atoms with van der Waals surface area (Å²) in [6.07, 6.45) is -0.814. The first kappa shape index (κ1) is 9.17. The highest BCUT2D eigenvalue weighted by atomic mass is 35.5. The van der Waals surface area contributed by atoms with Gasteiger partial charge in [-0.1, -0.05) is 11.6 Å². The van der Waals surface area contributed by atoms with Crippen LogP contribution in [0.15, 0.2) is 0 Å². The molecule has 0 aromatic carbocycles. The van der Waals surface area contributed by atoms with Crippen LogP contribution in [-0.2, 0) is 4.74 Å². The summed E-state index contributed by atoms with van der Waals surface area (Å²) in [7, 11) is 0. The highest BCUT2D eigenvalue weighted by Crippen LogP contribution is 1.96. The van der Waals surface area contributed by atoms with Crippen LogP contribution in [0.25, 0.3) is 0 Å². The van der Waals surface area contributed by atoms with E-state index in [1.165, 1.54) is 0 Å². The lowest BCUT2D eigenvalue weighted by Crippen LogP contribution is -2.20. The molecule has 3 nitrogen and oxygen atoms in total. The van der Waals surface area contributed by atoms with Gasteiger partial charge < -0.3 is 14.9 Å². The number of halogens is 1. The minimum atomic E-state index is -0.814. The van der Waals surface area contributed by atoms with E-state index < -0.39 is 11.7 Å². The van der Waals surface area contributed by atoms with Crippen LogP contribution in [0.5, 0.6) is 0 Å². The highest BCUT2D eigenvalue weighted by molar-refractivity contribution is 6.19. The van der Waals surface area contributed by atoms with Gasteiger partial charge in [0.1, 0.15) is 11.7 Å². The molecule has 56 valence electrons. The third kappa shape index (κ3) is 6.05. The summed E-state index contributed by atoms with van der Waals surface area (Å²) in [4.78, 5) is 0. The molecule has 2 N–H and O–H groups in total. The summed E-state index contributed by atoms with van der Waals surface area (Å²) in [5.41, 5.74) is -0.411. The summed E-state index contributed by atoms with van der Waals surface area (Å²) in [6, 6.07) is 0. The van der Waals surface area contributed by atoms with Gasteiger partial charge in [0.2, 0.25) is 0 Å². The van der Waals surface area contributed by atoms with E-state index in [-0.39, 0.29) is 13.2 Å². The van der Waals surface area contributed by atoms with Crippen LogP contribution >= 0.6 is 11.6 Å². The van der Waals surface area contributed by atoms with Crippen LogP contribution < -0.4 is 0 Å². The summed E-state index contributed by atoms with van der Waals surface area (Å²) in [6.45, 7) is 1.44. The van der Waals surface area contributed by atoms with E-state index in [9.17, 15) is 0 Å². The summed E-state index contributed by atoms with van der Waals surface area (Å²) in [5, 5.41) is 16.9. The molecule has 0 aliphatic carbocycles. The average molecular weight is 155 g/mol. The number of hydrogen-bond acceptors (Lipinski definition) is 3. The van der Waals surface area contributed by atoms with Gasteiger partial charge in [-0.2, -0.15) is 0 Å². The van der Waals surface area contributed by atoms with Crippen molar-refractivity contribution < 1.29 is 14.9 Å². The van der Waals surface area contributed by atoms with Crippen LogP contribution in [0.4, 0.5) is 0 Å². The number of ether oxygens (including phenoxy) is 1. The number of rotatable bonds is 4. The Labute approximate surface area is 59.2 Å². The van der Waals surface area contributed by atoms with Gasteiger partial charge in [0.05, 0.1) is 13.2 Å². The van der Waals surface area contributed by atoms with Crippen LogP contribution in [0.1, 0.15) is 6.92 Å². The predicted molar refractivity (Wildman–Crippen MR) is 34.4 cm³/mol. The monoisotopic (exact) mass is 154 g/mol. The van der Waals surface area contributed by atoms with Crippen LogP contribution in [-0.4, -0.2) is 35.1 Å². The van der Waals surface area contributed by atoms with Crippen molar-refractivity contribution in [1.82, 2.24) is 0 Å². The first-order valence-electron chi connectivity index (χ1n) is 2.71. The molecule has 0 fully saturated rings. The second kappa shape index (κ2) is 4.99. The van der Waals surface area contributed by atoms with Crippen molar-refractivity contribution in [2.45, 2.75) is 18.6 Å². The minimum absolute atomic E-state index is 0.0845. The number of aliphatic hydroxyl groups is 2. The SMILES string of the molecule is CC(Cl)OCC(O)CO. The Balaban J connectivity index is 3.06. The highest BCUT2D eigenvalue weighted by Gasteiger charge is 2.02. The third-order valence-corrected chi connectivity index (χ3v) is 0.855. The van der Waals surface area contributed by atoms with E-state index >= 15 is 0 Å². The van der Waals surface area contributed by atoms with Gasteiger partial charge in [-0.05, 0) is 6.92 Å². The lowest BCUT2D eigenvalue weighted by molar-refractivity contribution is -0.000134. The van der Waals surface area contributed by atoms with Crippen molar-refractivity contribution in [1.29, 1.82) is 0 Å². The van der Waals surface area contributed by atoms with E-state index in [0.717, 1.165) is 0 Å². The van der Waals surface area contributed by atoms with Crippen molar-refractivity contribution in [2.24, 2.45) is 0 Å². The number of alkyl halides is 1. The van der Waals surface area contributed by atoms with Crippen LogP contribution in [0.2, 0.25) is 0 Å². The van der Waals surface area contributed by atoms with Gasteiger partial charge in [0.15, 0.2) is 0 Å². The van der Waals surface area contributed by atoms with Gasteiger partial charge in [-0.15, -0.1) is 0 Å². The van der Waals surface area contributed by atoms with E-state index in [4.69, 9.17) is 26.6 Å². The van der Waals surface area contributed by atoms with Crippen LogP contribution in [0.3, 0.4) is 0 Å². The molecule has 4 heteroatoms. The molecule has 0 aromatic heterocycles. The molecule has 0 aliphatic rings. The molecule has 9 heavy (non-hydrogen) atoms. The number of hydrogen-bond donors (Lipinski definition) is 2. The Morgan fingerprint density at radius 2 is 2.22 bits per heavy atom. The molecular weight excluding hydrogens is 144 g/mol. The topological polar surface area (TPSA) is 49.7 Å². The first-order valence-corrected chi connectivity index (χ1v) is 3.15. The predicted octanol–water partition coefficient (Wildman–Crippen LogP) is -0.0590. The van der Waals surface area contributed by atoms with Crippen molar-refractivity contribution in [3.05, 3.63) is 0 Å². The molecule has 0 rings (SSSR count). The second-order valence-electron chi connectivity index (χ2n) is 1.71. The zero-order valence-electron chi connectivity index (χ0n) is 5.25. The van der Waals surface area contributed by atoms with Gasteiger partial charge in [0.25, 0.3) is 0 Å². The van der Waals surface area contributed by atoms with E-state index in [1.807, 2.05) is 0 Å². The fraction of sp³-hybridized carbons (Fsp3) is 1.00. The van der Waals surface area contributed by atoms with E-state index in [0.29, 0.717) is 0 Å². The Morgan fingerprint density at radius 3 is 2.56 bits per heavy atom. The van der Waals surface area contributed by atoms with Gasteiger partial charge in [-0.3, -0.25) is 0 Å². The summed E-state index contributed by atoms with van der Waals surface area (Å²) in [5.74, 6) is 0. The molecule has 0 heterocycles. The molecule has 0 amide bonds. The van der Waals surface area contributed by atoms with Crippen molar-refractivity contribution in [3.8, 4) is 0 Å². The lowest BCUT2D eigenvalue weighted by atomic mass is 10.4. The molecule has 0 bridgehead atoms. The van der Waals surface area contributed by atoms with Crippen molar-refractivity contribution >= 4 is 11.6 Å². The molecule has 2 atom stereocenters. The van der Waals surface area contributed by atoms with Gasteiger partial charge in [0, 0.05) is 0 Å². The van der Waals surface area contributed by atoms with Gasteiger partial charge in [-0.25, -0.2) is 0 Å². The first-order chi connectivity index (χ1) is 4.16. The molecule has 0 saturated carbocycles. The third-order valence-electron chi connectivity index (χ3n) is 0.729. The molecular formula is C5H11ClO3. The molecule has 0 saturated heterocycles. The average Bonchev–Trinajstić information content (AvgIpc) is 1.83. The summed E-state index contributed by atoms with van der Waals surface area (Å²) < 4.78 is 4.75. The quantitative estimate of drug-likeness (QED) is 0.558. The minimum Gasteiger partial charge on any atom is -0.394 e. The van der Waals surface area contributed by atoms with Crippen molar-refractivity contribution in [3.63, 3.8) is 0 Å². The lowest BCUT2D eigenvalue weighted by Gasteiger charge is -2.08. The zero-order valence-corrected chi connectivity index (χ0v) is 6.01. The Hall–Kier alpha value is 0.170. The Morgan fingerprint density at radius 1 is 1.67 bits per heavy atom. The maximum Gasteiger partial charge on any atom is 0.128 e. The Bertz CT molecular complexity index is 67.2. The molecule has 0 aromatic rings. The molecule has 0 aliphatic heterocycles. The Kier molecular flexibility index (Phi) is 5.09. The molecule has 2 unspecified atom stereocenters. The van der Waals surface area contributed by atoms with Crippen molar-refractivity contribution in [2.75, 3.05) is 13.2 Å². The largest absolute Gasteiger partial charge is 0.394 e. The maximum atomic E-state index is 8.67. The van der Waals surface area contributed by atoms with Gasteiger partial charge >= 0.3 is 0 Å². The molecule has 0 spiro atoms. The normalized spacial score (nSPS) is 17.3. The zero-order chi connectivity index (χ0) is 7.28.